The number of rotatable bonds is 5. The Balaban J connectivity index is 1.93. The summed E-state index contributed by atoms with van der Waals surface area (Å²) in [6, 6.07) is 4.62. The summed E-state index contributed by atoms with van der Waals surface area (Å²) < 4.78 is 6.32. The summed E-state index contributed by atoms with van der Waals surface area (Å²) in [6.45, 7) is 5.33. The van der Waals surface area contributed by atoms with E-state index in [-0.39, 0.29) is 24.6 Å². The van der Waals surface area contributed by atoms with Gasteiger partial charge in [0.05, 0.1) is 0 Å². The summed E-state index contributed by atoms with van der Waals surface area (Å²) in [4.78, 5) is 47.1. The third-order valence-electron chi connectivity index (χ3n) is 4.82. The molecule has 10 nitrogen and oxygen atoms in total. The van der Waals surface area contributed by atoms with E-state index >= 15 is 0 Å². The molecule has 33 heavy (non-hydrogen) atoms. The molecule has 3 amide bonds. The second kappa shape index (κ2) is 9.65. The molecule has 0 aliphatic carbocycles. The standard InChI is InChI=1S/C22H27BrN6O4/c1-22(2,3)33-21(32)29-17(5-4-8-26-20(24)25)18(30)28-16(19(29)31)9-12-11-27-15-10-13(23)6-7-14(12)15/h6-7,9-11,17,27H,4-5,8H2,1-3H3,(H,28,30)(H4,24,25,26)/b16-9-/t17-/m0/s1. The van der Waals surface area contributed by atoms with Crippen LogP contribution < -0.4 is 16.8 Å². The SMILES string of the molecule is CC(C)(C)OC(=O)N1C(=O)/C(=C/c2c[nH]c3cc(Br)ccc23)NC(=O)[C@@H]1CCCN=C(N)N. The third kappa shape index (κ3) is 5.92. The van der Waals surface area contributed by atoms with E-state index in [0.29, 0.717) is 12.0 Å². The zero-order chi connectivity index (χ0) is 24.3. The van der Waals surface area contributed by atoms with Crippen molar-refractivity contribution < 1.29 is 19.1 Å². The van der Waals surface area contributed by atoms with Crippen molar-refractivity contribution in [2.24, 2.45) is 16.5 Å². The lowest BCUT2D eigenvalue weighted by molar-refractivity contribution is -0.141. The van der Waals surface area contributed by atoms with Gasteiger partial charge < -0.3 is 26.5 Å². The van der Waals surface area contributed by atoms with E-state index in [1.807, 2.05) is 18.2 Å². The first-order valence-corrected chi connectivity index (χ1v) is 11.2. The van der Waals surface area contributed by atoms with Crippen molar-refractivity contribution in [2.75, 3.05) is 6.54 Å². The number of fused-ring (bicyclic) bond motifs is 1. The smallest absolute Gasteiger partial charge is 0.418 e. The molecule has 1 saturated heterocycles. The number of amides is 3. The zero-order valence-corrected chi connectivity index (χ0v) is 20.2. The number of aromatic nitrogens is 1. The number of nitrogens with zero attached hydrogens (tertiary/aromatic N) is 2. The first kappa shape index (κ1) is 24.3. The molecule has 0 bridgehead atoms. The number of hydrogen-bond acceptors (Lipinski definition) is 5. The Kier molecular flexibility index (Phi) is 7.11. The van der Waals surface area contributed by atoms with E-state index in [1.165, 1.54) is 0 Å². The van der Waals surface area contributed by atoms with E-state index < -0.39 is 29.6 Å². The molecule has 1 aliphatic rings. The Labute approximate surface area is 199 Å². The zero-order valence-electron chi connectivity index (χ0n) is 18.6. The number of H-pyrrole nitrogens is 1. The lowest BCUT2D eigenvalue weighted by Crippen LogP contribution is -2.59. The number of nitrogens with two attached hydrogens (primary N) is 2. The summed E-state index contributed by atoms with van der Waals surface area (Å²) in [5.74, 6) is -1.21. The van der Waals surface area contributed by atoms with Crippen LogP contribution in [0.3, 0.4) is 0 Å². The van der Waals surface area contributed by atoms with Gasteiger partial charge in [0, 0.05) is 33.7 Å². The summed E-state index contributed by atoms with van der Waals surface area (Å²) >= 11 is 3.42. The molecule has 1 fully saturated rings. The lowest BCUT2D eigenvalue weighted by atomic mass is 10.0. The van der Waals surface area contributed by atoms with Gasteiger partial charge in [-0.15, -0.1) is 0 Å². The van der Waals surface area contributed by atoms with Gasteiger partial charge in [0.25, 0.3) is 5.91 Å². The van der Waals surface area contributed by atoms with E-state index in [4.69, 9.17) is 16.2 Å². The minimum Gasteiger partial charge on any atom is -0.443 e. The minimum absolute atomic E-state index is 0.0184. The molecular formula is C22H27BrN6O4. The first-order chi connectivity index (χ1) is 15.5. The second-order valence-electron chi connectivity index (χ2n) is 8.60. The highest BCUT2D eigenvalue weighted by Crippen LogP contribution is 2.26. The first-order valence-electron chi connectivity index (χ1n) is 10.4. The number of carbonyl (C=O) groups excluding carboxylic acids is 3. The molecule has 176 valence electrons. The van der Waals surface area contributed by atoms with Gasteiger partial charge >= 0.3 is 6.09 Å². The molecule has 1 aromatic heterocycles. The highest BCUT2D eigenvalue weighted by molar-refractivity contribution is 9.10. The Hall–Kier alpha value is -3.34. The summed E-state index contributed by atoms with van der Waals surface area (Å²) in [5.41, 5.74) is 11.3. The molecule has 2 heterocycles. The van der Waals surface area contributed by atoms with Crippen LogP contribution in [0.2, 0.25) is 0 Å². The van der Waals surface area contributed by atoms with Crippen molar-refractivity contribution in [3.05, 3.63) is 40.1 Å². The molecule has 1 aromatic carbocycles. The molecule has 1 atom stereocenters. The number of piperazine rings is 1. The van der Waals surface area contributed by atoms with Gasteiger partial charge in [0.15, 0.2) is 5.96 Å². The quantitative estimate of drug-likeness (QED) is 0.206. The maximum atomic E-state index is 13.3. The molecule has 2 aromatic rings. The number of aromatic amines is 1. The normalized spacial score (nSPS) is 17.9. The molecule has 1 aliphatic heterocycles. The van der Waals surface area contributed by atoms with Crippen LogP contribution in [-0.4, -0.2) is 51.9 Å². The van der Waals surface area contributed by atoms with Crippen molar-refractivity contribution >= 4 is 56.8 Å². The predicted octanol–water partition coefficient (Wildman–Crippen LogP) is 2.59. The fourth-order valence-corrected chi connectivity index (χ4v) is 3.79. The average Bonchev–Trinajstić information content (AvgIpc) is 3.08. The largest absolute Gasteiger partial charge is 0.443 e. The molecule has 0 radical (unpaired) electrons. The fraction of sp³-hybridized carbons (Fsp3) is 0.364. The maximum absolute atomic E-state index is 13.3. The van der Waals surface area contributed by atoms with Crippen LogP contribution in [0.5, 0.6) is 0 Å². The predicted molar refractivity (Wildman–Crippen MR) is 129 cm³/mol. The summed E-state index contributed by atoms with van der Waals surface area (Å²) in [7, 11) is 0. The number of aliphatic imine (C=N–C) groups is 1. The highest BCUT2D eigenvalue weighted by Gasteiger charge is 2.43. The Bertz CT molecular complexity index is 1140. The van der Waals surface area contributed by atoms with Gasteiger partial charge in [-0.3, -0.25) is 14.6 Å². The summed E-state index contributed by atoms with van der Waals surface area (Å²) in [6.07, 6.45) is 2.95. The minimum atomic E-state index is -1.04. The molecule has 0 saturated carbocycles. The van der Waals surface area contributed by atoms with Crippen LogP contribution in [-0.2, 0) is 14.3 Å². The van der Waals surface area contributed by atoms with Crippen LogP contribution in [0.4, 0.5) is 4.79 Å². The van der Waals surface area contributed by atoms with Crippen LogP contribution in [0.25, 0.3) is 17.0 Å². The van der Waals surface area contributed by atoms with Crippen molar-refractivity contribution in [1.29, 1.82) is 0 Å². The van der Waals surface area contributed by atoms with E-state index in [2.05, 4.69) is 31.2 Å². The number of imide groups is 1. The van der Waals surface area contributed by atoms with Crippen LogP contribution in [0.1, 0.15) is 39.2 Å². The van der Waals surface area contributed by atoms with Crippen molar-refractivity contribution in [2.45, 2.75) is 45.3 Å². The second-order valence-corrected chi connectivity index (χ2v) is 9.52. The molecule has 0 unspecified atom stereocenters. The highest BCUT2D eigenvalue weighted by atomic mass is 79.9. The number of ether oxygens (including phenoxy) is 1. The van der Waals surface area contributed by atoms with Gasteiger partial charge in [-0.05, 0) is 51.8 Å². The number of guanidine groups is 1. The average molecular weight is 519 g/mol. The molecule has 6 N–H and O–H groups in total. The molecule has 11 heteroatoms. The number of benzene rings is 1. The monoisotopic (exact) mass is 518 g/mol. The van der Waals surface area contributed by atoms with E-state index in [0.717, 1.165) is 20.3 Å². The fourth-order valence-electron chi connectivity index (χ4n) is 3.43. The van der Waals surface area contributed by atoms with E-state index in [9.17, 15) is 14.4 Å². The topological polar surface area (TPSA) is 156 Å². The Morgan fingerprint density at radius 2 is 2.03 bits per heavy atom. The van der Waals surface area contributed by atoms with Crippen LogP contribution >= 0.6 is 15.9 Å². The molecule has 3 rings (SSSR count). The van der Waals surface area contributed by atoms with Crippen LogP contribution in [0, 0.1) is 0 Å². The number of halogens is 1. The van der Waals surface area contributed by atoms with Crippen molar-refractivity contribution in [3.63, 3.8) is 0 Å². The molecule has 0 spiro atoms. The van der Waals surface area contributed by atoms with Crippen molar-refractivity contribution in [3.8, 4) is 0 Å². The van der Waals surface area contributed by atoms with Gasteiger partial charge in [-0.25, -0.2) is 9.69 Å². The number of hydrogen-bond donors (Lipinski definition) is 4. The number of nitrogens with one attached hydrogen (secondary N) is 2. The Morgan fingerprint density at radius 3 is 2.70 bits per heavy atom. The van der Waals surface area contributed by atoms with Gasteiger partial charge in [0.1, 0.15) is 17.3 Å². The lowest BCUT2D eigenvalue weighted by Gasteiger charge is -2.35. The van der Waals surface area contributed by atoms with Gasteiger partial charge in [-0.2, -0.15) is 0 Å². The summed E-state index contributed by atoms with van der Waals surface area (Å²) in [5, 5.41) is 3.50. The van der Waals surface area contributed by atoms with Crippen LogP contribution in [0.15, 0.2) is 39.6 Å². The number of carbonyl (C=O) groups is 3. The third-order valence-corrected chi connectivity index (χ3v) is 5.31. The van der Waals surface area contributed by atoms with Gasteiger partial charge in [-0.1, -0.05) is 22.0 Å². The maximum Gasteiger partial charge on any atom is 0.418 e. The Morgan fingerprint density at radius 1 is 1.30 bits per heavy atom. The van der Waals surface area contributed by atoms with Gasteiger partial charge in [0.2, 0.25) is 5.91 Å². The van der Waals surface area contributed by atoms with E-state index in [1.54, 1.807) is 33.0 Å². The molecular weight excluding hydrogens is 492 g/mol. The van der Waals surface area contributed by atoms with Crippen molar-refractivity contribution in [1.82, 2.24) is 15.2 Å².